The van der Waals surface area contributed by atoms with Crippen molar-refractivity contribution in [1.82, 2.24) is 9.97 Å². The number of anilines is 2. The van der Waals surface area contributed by atoms with Gasteiger partial charge in [-0.25, -0.2) is 4.98 Å². The molecule has 154 valence electrons. The third-order valence-electron chi connectivity index (χ3n) is 4.98. The summed E-state index contributed by atoms with van der Waals surface area (Å²) in [7, 11) is 0. The fourth-order valence-corrected chi connectivity index (χ4v) is 3.74. The molecule has 0 bridgehead atoms. The van der Waals surface area contributed by atoms with Crippen LogP contribution in [-0.2, 0) is 17.8 Å². The Labute approximate surface area is 180 Å². The second-order valence-corrected chi connectivity index (χ2v) is 7.82. The van der Waals surface area contributed by atoms with E-state index in [9.17, 15) is 4.79 Å². The van der Waals surface area contributed by atoms with Crippen LogP contribution in [0.4, 0.5) is 11.6 Å². The molecule has 0 saturated carbocycles. The Hall–Kier alpha value is -3.12. The standard InChI is InChI=1S/C23H23ClN4O2/c1-15-7-8-20(19(24)11-15)26-21(29)14-30-22-12-16(2)25-23(27-22)28-10-9-17-5-3-4-6-18(17)13-28/h3-8,11-12H,9-10,13-14H2,1-2H3,(H,26,29). The van der Waals surface area contributed by atoms with Crippen LogP contribution in [0.15, 0.2) is 48.5 Å². The topological polar surface area (TPSA) is 67.3 Å². The molecule has 4 rings (SSSR count). The molecule has 2 aromatic carbocycles. The van der Waals surface area contributed by atoms with Crippen LogP contribution in [0.1, 0.15) is 22.4 Å². The van der Waals surface area contributed by atoms with E-state index in [-0.39, 0.29) is 12.5 Å². The molecule has 3 aromatic rings. The van der Waals surface area contributed by atoms with Crippen molar-refractivity contribution >= 4 is 29.1 Å². The summed E-state index contributed by atoms with van der Waals surface area (Å²) in [5.74, 6) is 0.688. The second-order valence-electron chi connectivity index (χ2n) is 7.41. The molecule has 0 atom stereocenters. The van der Waals surface area contributed by atoms with E-state index in [1.54, 1.807) is 18.2 Å². The van der Waals surface area contributed by atoms with Crippen molar-refractivity contribution in [1.29, 1.82) is 0 Å². The highest BCUT2D eigenvalue weighted by atomic mass is 35.5. The van der Waals surface area contributed by atoms with E-state index in [2.05, 4.69) is 38.4 Å². The number of amides is 1. The fraction of sp³-hybridized carbons (Fsp3) is 0.261. The van der Waals surface area contributed by atoms with E-state index in [0.717, 1.165) is 30.8 Å². The lowest BCUT2D eigenvalue weighted by atomic mass is 10.0. The van der Waals surface area contributed by atoms with Crippen LogP contribution >= 0.6 is 11.6 Å². The van der Waals surface area contributed by atoms with Gasteiger partial charge < -0.3 is 15.0 Å². The van der Waals surface area contributed by atoms with Gasteiger partial charge >= 0.3 is 0 Å². The number of fused-ring (bicyclic) bond motifs is 1. The SMILES string of the molecule is Cc1ccc(NC(=O)COc2cc(C)nc(N3CCc4ccccc4C3)n2)c(Cl)c1. The summed E-state index contributed by atoms with van der Waals surface area (Å²) in [6.07, 6.45) is 0.948. The lowest BCUT2D eigenvalue weighted by molar-refractivity contribution is -0.118. The molecule has 0 aliphatic carbocycles. The van der Waals surface area contributed by atoms with Crippen molar-refractivity contribution in [3.8, 4) is 5.88 Å². The first-order chi connectivity index (χ1) is 14.5. The summed E-state index contributed by atoms with van der Waals surface area (Å²) in [5.41, 5.74) is 5.02. The number of aryl methyl sites for hydroxylation is 2. The van der Waals surface area contributed by atoms with Gasteiger partial charge in [0.1, 0.15) is 0 Å². The van der Waals surface area contributed by atoms with E-state index in [0.29, 0.717) is 22.5 Å². The summed E-state index contributed by atoms with van der Waals surface area (Å²) in [5, 5.41) is 3.26. The predicted molar refractivity (Wildman–Crippen MR) is 118 cm³/mol. The Morgan fingerprint density at radius 1 is 1.13 bits per heavy atom. The minimum atomic E-state index is -0.300. The smallest absolute Gasteiger partial charge is 0.262 e. The number of aromatic nitrogens is 2. The van der Waals surface area contributed by atoms with Crippen molar-refractivity contribution in [3.63, 3.8) is 0 Å². The van der Waals surface area contributed by atoms with Crippen LogP contribution in [-0.4, -0.2) is 29.0 Å². The van der Waals surface area contributed by atoms with Crippen LogP contribution in [0.25, 0.3) is 0 Å². The van der Waals surface area contributed by atoms with Crippen molar-refractivity contribution in [3.05, 3.63) is 75.9 Å². The molecule has 1 N–H and O–H groups in total. The van der Waals surface area contributed by atoms with Crippen LogP contribution < -0.4 is 15.0 Å². The van der Waals surface area contributed by atoms with Gasteiger partial charge in [-0.05, 0) is 49.1 Å². The first-order valence-electron chi connectivity index (χ1n) is 9.84. The zero-order valence-electron chi connectivity index (χ0n) is 17.0. The number of carbonyl (C=O) groups excluding carboxylic acids is 1. The Bertz CT molecular complexity index is 1090. The maximum atomic E-state index is 12.3. The number of hydrogen-bond donors (Lipinski definition) is 1. The summed E-state index contributed by atoms with van der Waals surface area (Å²) in [6.45, 7) is 5.26. The fourth-order valence-electron chi connectivity index (χ4n) is 3.45. The van der Waals surface area contributed by atoms with Crippen LogP contribution in [0.2, 0.25) is 5.02 Å². The molecule has 1 aliphatic rings. The number of benzene rings is 2. The molecule has 0 fully saturated rings. The van der Waals surface area contributed by atoms with Gasteiger partial charge in [-0.1, -0.05) is 41.9 Å². The predicted octanol–water partition coefficient (Wildman–Crippen LogP) is 4.33. The second kappa shape index (κ2) is 8.71. The van der Waals surface area contributed by atoms with Gasteiger partial charge in [0.2, 0.25) is 11.8 Å². The number of rotatable bonds is 5. The molecule has 0 unspecified atom stereocenters. The van der Waals surface area contributed by atoms with E-state index in [1.807, 2.05) is 26.0 Å². The lowest BCUT2D eigenvalue weighted by Gasteiger charge is -2.29. The highest BCUT2D eigenvalue weighted by Gasteiger charge is 2.19. The molecule has 0 saturated heterocycles. The zero-order chi connectivity index (χ0) is 21.1. The normalized spacial score (nSPS) is 13.0. The molecular weight excluding hydrogens is 400 g/mol. The van der Waals surface area contributed by atoms with Gasteiger partial charge in [0, 0.05) is 24.8 Å². The van der Waals surface area contributed by atoms with Crippen LogP contribution in [0, 0.1) is 13.8 Å². The quantitative estimate of drug-likeness (QED) is 0.663. The maximum absolute atomic E-state index is 12.3. The highest BCUT2D eigenvalue weighted by Crippen LogP contribution is 2.24. The Balaban J connectivity index is 1.42. The van der Waals surface area contributed by atoms with Gasteiger partial charge in [-0.2, -0.15) is 4.98 Å². The molecule has 0 radical (unpaired) electrons. The number of carbonyl (C=O) groups is 1. The van der Waals surface area contributed by atoms with Crippen molar-refractivity contribution < 1.29 is 9.53 Å². The van der Waals surface area contributed by atoms with Gasteiger partial charge in [0.05, 0.1) is 10.7 Å². The third kappa shape index (κ3) is 4.71. The van der Waals surface area contributed by atoms with E-state index < -0.39 is 0 Å². The van der Waals surface area contributed by atoms with E-state index in [4.69, 9.17) is 16.3 Å². The number of halogens is 1. The Morgan fingerprint density at radius 2 is 1.93 bits per heavy atom. The van der Waals surface area contributed by atoms with Crippen LogP contribution in [0.3, 0.4) is 0 Å². The first-order valence-corrected chi connectivity index (χ1v) is 10.2. The highest BCUT2D eigenvalue weighted by molar-refractivity contribution is 6.33. The largest absolute Gasteiger partial charge is 0.467 e. The van der Waals surface area contributed by atoms with E-state index >= 15 is 0 Å². The molecular formula is C23H23ClN4O2. The average molecular weight is 423 g/mol. The molecule has 6 nitrogen and oxygen atoms in total. The monoisotopic (exact) mass is 422 g/mol. The van der Waals surface area contributed by atoms with Gasteiger partial charge in [0.25, 0.3) is 5.91 Å². The summed E-state index contributed by atoms with van der Waals surface area (Å²) >= 11 is 6.17. The van der Waals surface area contributed by atoms with Crippen molar-refractivity contribution in [2.75, 3.05) is 23.4 Å². The van der Waals surface area contributed by atoms with Crippen molar-refractivity contribution in [2.24, 2.45) is 0 Å². The molecule has 1 amide bonds. The third-order valence-corrected chi connectivity index (χ3v) is 5.29. The molecule has 0 spiro atoms. The zero-order valence-corrected chi connectivity index (χ0v) is 17.7. The summed E-state index contributed by atoms with van der Waals surface area (Å²) in [6, 6.07) is 15.6. The molecule has 7 heteroatoms. The number of hydrogen-bond acceptors (Lipinski definition) is 5. The number of ether oxygens (including phenoxy) is 1. The molecule has 2 heterocycles. The van der Waals surface area contributed by atoms with Gasteiger partial charge in [-0.15, -0.1) is 0 Å². The number of nitrogens with one attached hydrogen (secondary N) is 1. The number of nitrogens with zero attached hydrogens (tertiary/aromatic N) is 3. The van der Waals surface area contributed by atoms with Gasteiger partial charge in [-0.3, -0.25) is 4.79 Å². The van der Waals surface area contributed by atoms with Gasteiger partial charge in [0.15, 0.2) is 6.61 Å². The maximum Gasteiger partial charge on any atom is 0.262 e. The molecule has 1 aliphatic heterocycles. The average Bonchev–Trinajstić information content (AvgIpc) is 2.73. The first kappa shape index (κ1) is 20.2. The van der Waals surface area contributed by atoms with Crippen LogP contribution in [0.5, 0.6) is 5.88 Å². The van der Waals surface area contributed by atoms with E-state index in [1.165, 1.54) is 11.1 Å². The Morgan fingerprint density at radius 3 is 2.73 bits per heavy atom. The Kier molecular flexibility index (Phi) is 5.86. The lowest BCUT2D eigenvalue weighted by Crippen LogP contribution is -2.32. The van der Waals surface area contributed by atoms with Crippen molar-refractivity contribution in [2.45, 2.75) is 26.8 Å². The summed E-state index contributed by atoms with van der Waals surface area (Å²) in [4.78, 5) is 23.5. The molecule has 30 heavy (non-hydrogen) atoms. The molecule has 1 aromatic heterocycles. The summed E-state index contributed by atoms with van der Waals surface area (Å²) < 4.78 is 5.65. The minimum Gasteiger partial charge on any atom is -0.467 e. The minimum absolute atomic E-state index is 0.164.